The van der Waals surface area contributed by atoms with Crippen LogP contribution in [0.5, 0.6) is 5.75 Å². The van der Waals surface area contributed by atoms with Crippen LogP contribution in [0.4, 0.5) is 5.95 Å². The number of fused-ring (bicyclic) bond motifs is 1. The molecule has 0 aliphatic carbocycles. The van der Waals surface area contributed by atoms with Gasteiger partial charge < -0.3 is 4.74 Å². The zero-order chi connectivity index (χ0) is 19.0. The number of hydrogen-bond donors (Lipinski definition) is 1. The monoisotopic (exact) mass is 418 g/mol. The quantitative estimate of drug-likeness (QED) is 0.504. The number of amides is 1. The average molecular weight is 419 g/mol. The molecule has 0 unspecified atom stereocenters. The van der Waals surface area contributed by atoms with Gasteiger partial charge in [0.1, 0.15) is 5.75 Å². The van der Waals surface area contributed by atoms with Gasteiger partial charge >= 0.3 is 0 Å². The lowest BCUT2D eigenvalue weighted by Gasteiger charge is -2.04. The highest BCUT2D eigenvalue weighted by Gasteiger charge is 2.16. The van der Waals surface area contributed by atoms with Crippen molar-refractivity contribution in [1.29, 1.82) is 0 Å². The van der Waals surface area contributed by atoms with E-state index in [0.717, 1.165) is 17.0 Å². The molecule has 0 saturated carbocycles. The van der Waals surface area contributed by atoms with Crippen LogP contribution in [-0.2, 0) is 0 Å². The van der Waals surface area contributed by atoms with Crippen molar-refractivity contribution in [3.05, 3.63) is 63.5 Å². The molecule has 9 heteroatoms. The number of hydrogen-bond acceptors (Lipinski definition) is 5. The van der Waals surface area contributed by atoms with Gasteiger partial charge in [-0.3, -0.25) is 10.1 Å². The Hall–Kier alpha value is -2.61. The van der Waals surface area contributed by atoms with Crippen LogP contribution in [0.2, 0.25) is 10.0 Å². The Morgan fingerprint density at radius 1 is 1.19 bits per heavy atom. The molecule has 1 N–H and O–H groups in total. The molecule has 0 spiro atoms. The SMILES string of the molecule is COc1ccc(-c2csc3nc(NC(=O)c4ccc(Cl)cc4Cl)nn23)cc1. The van der Waals surface area contributed by atoms with Crippen LogP contribution in [0.1, 0.15) is 10.4 Å². The predicted octanol–water partition coefficient (Wildman–Crippen LogP) is 5.03. The third-order valence-corrected chi connectivity index (χ3v) is 5.23. The van der Waals surface area contributed by atoms with E-state index < -0.39 is 5.91 Å². The second-order valence-electron chi connectivity index (χ2n) is 5.56. The summed E-state index contributed by atoms with van der Waals surface area (Å²) in [6.07, 6.45) is 0. The molecule has 0 bridgehead atoms. The number of carbonyl (C=O) groups is 1. The minimum absolute atomic E-state index is 0.202. The number of anilines is 1. The van der Waals surface area contributed by atoms with Gasteiger partial charge in [0.2, 0.25) is 4.96 Å². The first-order valence-electron chi connectivity index (χ1n) is 7.80. The first-order valence-corrected chi connectivity index (χ1v) is 9.44. The number of methoxy groups -OCH3 is 1. The molecule has 0 saturated heterocycles. The van der Waals surface area contributed by atoms with Crippen molar-refractivity contribution in [2.75, 3.05) is 12.4 Å². The lowest BCUT2D eigenvalue weighted by Crippen LogP contribution is -2.13. The van der Waals surface area contributed by atoms with Crippen molar-refractivity contribution in [2.45, 2.75) is 0 Å². The van der Waals surface area contributed by atoms with Crippen molar-refractivity contribution in [1.82, 2.24) is 14.6 Å². The maximum atomic E-state index is 12.4. The molecule has 0 aliphatic rings. The maximum absolute atomic E-state index is 12.4. The van der Waals surface area contributed by atoms with Crippen LogP contribution < -0.4 is 10.1 Å². The summed E-state index contributed by atoms with van der Waals surface area (Å²) < 4.78 is 6.87. The van der Waals surface area contributed by atoms with E-state index in [2.05, 4.69) is 15.4 Å². The van der Waals surface area contributed by atoms with Gasteiger partial charge in [-0.15, -0.1) is 16.4 Å². The molecule has 0 fully saturated rings. The highest BCUT2D eigenvalue weighted by molar-refractivity contribution is 7.15. The summed E-state index contributed by atoms with van der Waals surface area (Å²) in [5, 5.41) is 9.74. The van der Waals surface area contributed by atoms with Gasteiger partial charge in [-0.25, -0.2) is 4.52 Å². The number of nitrogens with one attached hydrogen (secondary N) is 1. The maximum Gasteiger partial charge on any atom is 0.259 e. The molecule has 0 atom stereocenters. The number of halogens is 2. The number of rotatable bonds is 4. The number of benzene rings is 2. The fourth-order valence-corrected chi connectivity index (χ4v) is 3.86. The average Bonchev–Trinajstić information content (AvgIpc) is 3.21. The molecule has 0 aliphatic heterocycles. The number of carbonyl (C=O) groups excluding carboxylic acids is 1. The van der Waals surface area contributed by atoms with E-state index >= 15 is 0 Å². The first kappa shape index (κ1) is 17.8. The Kier molecular flexibility index (Phi) is 4.73. The number of nitrogens with zero attached hydrogens (tertiary/aromatic N) is 3. The molecular weight excluding hydrogens is 407 g/mol. The summed E-state index contributed by atoms with van der Waals surface area (Å²) in [6, 6.07) is 12.3. The van der Waals surface area contributed by atoms with Crippen molar-refractivity contribution in [2.24, 2.45) is 0 Å². The number of thiazole rings is 1. The van der Waals surface area contributed by atoms with E-state index in [4.69, 9.17) is 27.9 Å². The van der Waals surface area contributed by atoms with Crippen LogP contribution in [0.3, 0.4) is 0 Å². The molecule has 4 rings (SSSR count). The van der Waals surface area contributed by atoms with Gasteiger partial charge in [0, 0.05) is 16.0 Å². The summed E-state index contributed by atoms with van der Waals surface area (Å²) in [5.74, 6) is 0.574. The Morgan fingerprint density at radius 2 is 1.96 bits per heavy atom. The largest absolute Gasteiger partial charge is 0.497 e. The second kappa shape index (κ2) is 7.19. The molecule has 6 nitrogen and oxygen atoms in total. The van der Waals surface area contributed by atoms with E-state index in [-0.39, 0.29) is 11.0 Å². The molecule has 2 aromatic heterocycles. The van der Waals surface area contributed by atoms with Crippen molar-refractivity contribution < 1.29 is 9.53 Å². The van der Waals surface area contributed by atoms with Crippen LogP contribution in [0.15, 0.2) is 47.8 Å². The standard InChI is InChI=1S/C18H12Cl2N4O2S/c1-26-12-5-2-10(3-6-12)15-9-27-18-22-17(23-24(15)18)21-16(25)13-7-4-11(19)8-14(13)20/h2-9H,1H3,(H,21,23,25). The van der Waals surface area contributed by atoms with Gasteiger partial charge in [-0.2, -0.15) is 4.98 Å². The van der Waals surface area contributed by atoms with E-state index in [1.54, 1.807) is 23.8 Å². The minimum Gasteiger partial charge on any atom is -0.497 e. The molecular formula is C18H12Cl2N4O2S. The molecule has 27 heavy (non-hydrogen) atoms. The van der Waals surface area contributed by atoms with Gasteiger partial charge in [0.15, 0.2) is 0 Å². The predicted molar refractivity (Wildman–Crippen MR) is 107 cm³/mol. The zero-order valence-corrected chi connectivity index (χ0v) is 16.3. The zero-order valence-electron chi connectivity index (χ0n) is 13.9. The normalized spacial score (nSPS) is 10.9. The lowest BCUT2D eigenvalue weighted by atomic mass is 10.2. The summed E-state index contributed by atoms with van der Waals surface area (Å²) in [6.45, 7) is 0. The van der Waals surface area contributed by atoms with E-state index in [0.29, 0.717) is 15.5 Å². The van der Waals surface area contributed by atoms with E-state index in [1.165, 1.54) is 17.4 Å². The van der Waals surface area contributed by atoms with Crippen LogP contribution >= 0.6 is 34.5 Å². The number of aromatic nitrogens is 3. The Balaban J connectivity index is 1.62. The van der Waals surface area contributed by atoms with Crippen LogP contribution in [0.25, 0.3) is 16.2 Å². The van der Waals surface area contributed by atoms with Crippen molar-refractivity contribution in [3.8, 4) is 17.0 Å². The fraction of sp³-hybridized carbons (Fsp3) is 0.0556. The third-order valence-electron chi connectivity index (χ3n) is 3.87. The van der Waals surface area contributed by atoms with Crippen LogP contribution in [0, 0.1) is 0 Å². The Morgan fingerprint density at radius 3 is 2.67 bits per heavy atom. The third kappa shape index (κ3) is 3.49. The number of ether oxygens (including phenoxy) is 1. The summed E-state index contributed by atoms with van der Waals surface area (Å²) in [5.41, 5.74) is 2.13. The molecule has 2 aromatic carbocycles. The highest BCUT2D eigenvalue weighted by Crippen LogP contribution is 2.28. The first-order chi connectivity index (χ1) is 13.0. The smallest absolute Gasteiger partial charge is 0.259 e. The van der Waals surface area contributed by atoms with Crippen LogP contribution in [-0.4, -0.2) is 27.6 Å². The van der Waals surface area contributed by atoms with Gasteiger partial charge in [-0.1, -0.05) is 23.2 Å². The second-order valence-corrected chi connectivity index (χ2v) is 7.24. The van der Waals surface area contributed by atoms with Gasteiger partial charge in [0.05, 0.1) is 23.4 Å². The fourth-order valence-electron chi connectivity index (χ4n) is 2.54. The molecule has 2 heterocycles. The summed E-state index contributed by atoms with van der Waals surface area (Å²) in [7, 11) is 1.62. The lowest BCUT2D eigenvalue weighted by molar-refractivity contribution is 0.102. The summed E-state index contributed by atoms with van der Waals surface area (Å²) in [4.78, 5) is 17.4. The Labute approximate surface area is 168 Å². The minimum atomic E-state index is -0.402. The van der Waals surface area contributed by atoms with Gasteiger partial charge in [0.25, 0.3) is 11.9 Å². The van der Waals surface area contributed by atoms with E-state index in [1.807, 2.05) is 29.6 Å². The van der Waals surface area contributed by atoms with Gasteiger partial charge in [-0.05, 0) is 42.5 Å². The molecule has 4 aromatic rings. The molecule has 0 radical (unpaired) electrons. The Bertz CT molecular complexity index is 1140. The van der Waals surface area contributed by atoms with Crippen molar-refractivity contribution in [3.63, 3.8) is 0 Å². The highest BCUT2D eigenvalue weighted by atomic mass is 35.5. The summed E-state index contributed by atoms with van der Waals surface area (Å²) >= 11 is 13.4. The topological polar surface area (TPSA) is 68.5 Å². The van der Waals surface area contributed by atoms with E-state index in [9.17, 15) is 4.79 Å². The molecule has 1 amide bonds. The van der Waals surface area contributed by atoms with Crippen molar-refractivity contribution >= 4 is 51.4 Å². The molecule has 136 valence electrons.